The van der Waals surface area contributed by atoms with Crippen LogP contribution in [0, 0.1) is 6.92 Å². The first-order valence-corrected chi connectivity index (χ1v) is 8.29. The lowest BCUT2D eigenvalue weighted by Crippen LogP contribution is -2.29. The Hall–Kier alpha value is -0.200. The molecule has 98 valence electrons. The second kappa shape index (κ2) is 6.30. The molecule has 18 heavy (non-hydrogen) atoms. The summed E-state index contributed by atoms with van der Waals surface area (Å²) in [6, 6.07) is 6.76. The lowest BCUT2D eigenvalue weighted by molar-refractivity contribution is 0.247. The molecule has 0 aliphatic carbocycles. The molecular weight excluding hydrogens is 328 g/mol. The molecule has 0 spiro atoms. The highest BCUT2D eigenvalue weighted by molar-refractivity contribution is 9.10. The normalized spacial score (nSPS) is 13.2. The lowest BCUT2D eigenvalue weighted by atomic mass is 10.2. The van der Waals surface area contributed by atoms with Crippen LogP contribution in [0.3, 0.4) is 0 Å². The van der Waals surface area contributed by atoms with Gasteiger partial charge < -0.3 is 5.73 Å². The highest BCUT2D eigenvalue weighted by atomic mass is 79.9. The molecule has 2 heterocycles. The molecule has 0 saturated carbocycles. The van der Waals surface area contributed by atoms with Gasteiger partial charge in [-0.15, -0.1) is 22.7 Å². The molecule has 0 bridgehead atoms. The molecule has 0 aliphatic rings. The van der Waals surface area contributed by atoms with E-state index in [0.29, 0.717) is 12.6 Å². The minimum absolute atomic E-state index is 0.294. The Labute approximate surface area is 125 Å². The maximum Gasteiger partial charge on any atom is 0.0565 e. The predicted molar refractivity (Wildman–Crippen MR) is 84.3 cm³/mol. The van der Waals surface area contributed by atoms with Crippen molar-refractivity contribution in [2.24, 2.45) is 5.73 Å². The monoisotopic (exact) mass is 344 g/mol. The average Bonchev–Trinajstić information content (AvgIpc) is 2.92. The largest absolute Gasteiger partial charge is 0.329 e. The van der Waals surface area contributed by atoms with E-state index in [1.165, 1.54) is 19.1 Å². The summed E-state index contributed by atoms with van der Waals surface area (Å²) in [6.45, 7) is 3.73. The summed E-state index contributed by atoms with van der Waals surface area (Å²) < 4.78 is 1.19. The number of thiophene rings is 2. The smallest absolute Gasteiger partial charge is 0.0565 e. The SMILES string of the molecule is Cc1sc(C(CN)N(C)Cc2cccs2)cc1Br. The molecule has 5 heteroatoms. The molecule has 2 aromatic rings. The Bertz CT molecular complexity index is 474. The van der Waals surface area contributed by atoms with Crippen LogP contribution >= 0.6 is 38.6 Å². The van der Waals surface area contributed by atoms with Gasteiger partial charge in [-0.05, 0) is 47.4 Å². The second-order valence-electron chi connectivity index (χ2n) is 4.30. The Morgan fingerprint density at radius 2 is 2.28 bits per heavy atom. The molecule has 2 N–H and O–H groups in total. The molecule has 0 fully saturated rings. The number of hydrogen-bond acceptors (Lipinski definition) is 4. The number of nitrogens with two attached hydrogens (primary N) is 1. The topological polar surface area (TPSA) is 29.3 Å². The summed E-state index contributed by atoms with van der Waals surface area (Å²) in [5.74, 6) is 0. The Kier molecular flexibility index (Phi) is 4.98. The summed E-state index contributed by atoms with van der Waals surface area (Å²) in [6.07, 6.45) is 0. The average molecular weight is 345 g/mol. The van der Waals surface area contributed by atoms with Crippen LogP contribution in [0.5, 0.6) is 0 Å². The van der Waals surface area contributed by atoms with Gasteiger partial charge in [0.2, 0.25) is 0 Å². The van der Waals surface area contributed by atoms with E-state index in [-0.39, 0.29) is 0 Å². The van der Waals surface area contributed by atoms with Crippen molar-refractivity contribution in [2.75, 3.05) is 13.6 Å². The summed E-state index contributed by atoms with van der Waals surface area (Å²) in [7, 11) is 2.14. The van der Waals surface area contributed by atoms with Crippen molar-refractivity contribution in [1.29, 1.82) is 0 Å². The van der Waals surface area contributed by atoms with Gasteiger partial charge >= 0.3 is 0 Å². The Morgan fingerprint density at radius 1 is 1.50 bits per heavy atom. The second-order valence-corrected chi connectivity index (χ2v) is 7.47. The first-order chi connectivity index (χ1) is 8.61. The van der Waals surface area contributed by atoms with E-state index < -0.39 is 0 Å². The van der Waals surface area contributed by atoms with Crippen LogP contribution in [0.1, 0.15) is 20.7 Å². The van der Waals surface area contributed by atoms with E-state index in [0.717, 1.165) is 6.54 Å². The molecule has 2 aromatic heterocycles. The van der Waals surface area contributed by atoms with E-state index in [2.05, 4.69) is 58.4 Å². The third kappa shape index (κ3) is 3.22. The summed E-state index contributed by atoms with van der Waals surface area (Å²) in [5, 5.41) is 2.12. The molecule has 0 aliphatic heterocycles. The van der Waals surface area contributed by atoms with Crippen LogP contribution in [-0.4, -0.2) is 18.5 Å². The van der Waals surface area contributed by atoms with E-state index in [4.69, 9.17) is 5.73 Å². The quantitative estimate of drug-likeness (QED) is 0.887. The number of hydrogen-bond donors (Lipinski definition) is 1. The maximum atomic E-state index is 5.95. The van der Waals surface area contributed by atoms with Gasteiger partial charge in [0.25, 0.3) is 0 Å². The Balaban J connectivity index is 2.12. The van der Waals surface area contributed by atoms with Crippen molar-refractivity contribution in [2.45, 2.75) is 19.5 Å². The fraction of sp³-hybridized carbons (Fsp3) is 0.385. The van der Waals surface area contributed by atoms with Crippen LogP contribution in [0.15, 0.2) is 28.1 Å². The van der Waals surface area contributed by atoms with Crippen molar-refractivity contribution in [1.82, 2.24) is 4.90 Å². The van der Waals surface area contributed by atoms with Crippen molar-refractivity contribution in [3.8, 4) is 0 Å². The fourth-order valence-corrected chi connectivity index (χ4v) is 4.42. The molecule has 1 unspecified atom stereocenters. The number of halogens is 1. The number of aryl methyl sites for hydroxylation is 1. The van der Waals surface area contributed by atoms with Gasteiger partial charge in [0, 0.05) is 32.2 Å². The fourth-order valence-electron chi connectivity index (χ4n) is 1.92. The maximum absolute atomic E-state index is 5.95. The molecule has 0 radical (unpaired) electrons. The van der Waals surface area contributed by atoms with E-state index in [1.54, 1.807) is 11.3 Å². The highest BCUT2D eigenvalue weighted by Crippen LogP contribution is 2.33. The molecule has 0 aromatic carbocycles. The van der Waals surface area contributed by atoms with E-state index in [9.17, 15) is 0 Å². The third-order valence-electron chi connectivity index (χ3n) is 2.95. The van der Waals surface area contributed by atoms with Crippen LogP contribution in [0.4, 0.5) is 0 Å². The van der Waals surface area contributed by atoms with Gasteiger partial charge in [-0.2, -0.15) is 0 Å². The van der Waals surface area contributed by atoms with Crippen LogP contribution in [0.25, 0.3) is 0 Å². The minimum Gasteiger partial charge on any atom is -0.329 e. The van der Waals surface area contributed by atoms with Crippen LogP contribution < -0.4 is 5.73 Å². The van der Waals surface area contributed by atoms with Gasteiger partial charge in [0.05, 0.1) is 6.04 Å². The zero-order valence-electron chi connectivity index (χ0n) is 10.5. The van der Waals surface area contributed by atoms with Gasteiger partial charge in [-0.25, -0.2) is 0 Å². The molecule has 0 amide bonds. The molecule has 0 saturated heterocycles. The van der Waals surface area contributed by atoms with E-state index in [1.807, 2.05) is 11.3 Å². The van der Waals surface area contributed by atoms with Crippen molar-refractivity contribution < 1.29 is 0 Å². The molecule has 2 nitrogen and oxygen atoms in total. The summed E-state index contributed by atoms with van der Waals surface area (Å²) in [5.41, 5.74) is 5.95. The van der Waals surface area contributed by atoms with Crippen molar-refractivity contribution in [3.63, 3.8) is 0 Å². The summed E-state index contributed by atoms with van der Waals surface area (Å²) in [4.78, 5) is 6.35. The number of rotatable bonds is 5. The zero-order chi connectivity index (χ0) is 13.1. The van der Waals surface area contributed by atoms with Crippen molar-refractivity contribution >= 4 is 38.6 Å². The van der Waals surface area contributed by atoms with Crippen LogP contribution in [-0.2, 0) is 6.54 Å². The lowest BCUT2D eigenvalue weighted by Gasteiger charge is -2.25. The first-order valence-electron chi connectivity index (χ1n) is 5.80. The standard InChI is InChI=1S/C13H17BrN2S2/c1-9-11(14)6-13(18-9)12(7-15)16(2)8-10-4-3-5-17-10/h3-6,12H,7-8,15H2,1-2H3. The number of nitrogens with zero attached hydrogens (tertiary/aromatic N) is 1. The first kappa shape index (κ1) is 14.2. The van der Waals surface area contributed by atoms with Gasteiger partial charge in [-0.3, -0.25) is 4.90 Å². The third-order valence-corrected chi connectivity index (χ3v) is 6.04. The van der Waals surface area contributed by atoms with E-state index >= 15 is 0 Å². The Morgan fingerprint density at radius 3 is 2.78 bits per heavy atom. The zero-order valence-corrected chi connectivity index (χ0v) is 13.7. The van der Waals surface area contributed by atoms with Gasteiger partial charge in [-0.1, -0.05) is 6.07 Å². The van der Waals surface area contributed by atoms with Crippen LogP contribution in [0.2, 0.25) is 0 Å². The van der Waals surface area contributed by atoms with Crippen molar-refractivity contribution in [3.05, 3.63) is 42.7 Å². The number of likely N-dealkylation sites (N-methyl/N-ethyl adjacent to an activating group) is 1. The molecular formula is C13H17BrN2S2. The molecule has 1 atom stereocenters. The highest BCUT2D eigenvalue weighted by Gasteiger charge is 2.19. The predicted octanol–water partition coefficient (Wildman–Crippen LogP) is 4.01. The molecule has 2 rings (SSSR count). The minimum atomic E-state index is 0.294. The van der Waals surface area contributed by atoms with Gasteiger partial charge in [0.1, 0.15) is 0 Å². The summed E-state index contributed by atoms with van der Waals surface area (Å²) >= 11 is 7.19. The van der Waals surface area contributed by atoms with Gasteiger partial charge in [0.15, 0.2) is 0 Å².